The Morgan fingerprint density at radius 2 is 0.701 bits per heavy atom. The van der Waals surface area contributed by atoms with Gasteiger partial charge >= 0.3 is 0 Å². The number of likely N-dealkylation sites (N-methyl/N-ethyl adjacent to an activating group) is 2. The van der Waals surface area contributed by atoms with Crippen LogP contribution < -0.4 is 50.2 Å². The maximum atomic E-state index is 15.2. The molecule has 3 amide bonds. The normalized spacial score (nSPS) is 13.9. The van der Waals surface area contributed by atoms with Gasteiger partial charge in [0.1, 0.15) is 53.1 Å². The number of halogens is 9. The summed E-state index contributed by atoms with van der Waals surface area (Å²) in [6.07, 6.45) is 3.35. The van der Waals surface area contributed by atoms with Crippen LogP contribution in [0.3, 0.4) is 0 Å². The van der Waals surface area contributed by atoms with Crippen molar-refractivity contribution in [3.05, 3.63) is 196 Å². The minimum Gasteiger partial charge on any atom is -0.435 e. The molecule has 0 atom stereocenters. The minimum atomic E-state index is -0.812. The van der Waals surface area contributed by atoms with E-state index in [1.165, 1.54) is 93.4 Å². The summed E-state index contributed by atoms with van der Waals surface area (Å²) in [5.41, 5.74) is 3.81. The number of nitrogens with one attached hydrogen (secondary N) is 7. The standard InChI is InChI=1S/C28H30F3N7O2.C27H28F3N7O2.C26H26F3N7O2/c1-5-37-8-10-38(11-9-37)21-7-6-17(13-19(21)29)35-26-23(28(39)36(3)4)27(33-15-32-26)40-22-14-20(30)25-18(24(22)31)12-16(2)34-25;1-15-11-17-23(30)21(13-19(29)24(17)33-15)39-26-22(27(38)35(2)3)25(31-14-32-26)34-16-5-6-20(18(28)12-16)37-9-7-36(4)8-10-37;1-14-10-16-22(29)20(12-18(28)23(16)33-14)38-25-21(26(37)35(2)3)24(31-13-32-25)34-15-4-5-19(17(27)11-15)36-8-6-30-7-9-36/h6-7,12-15,34H,5,8-11H2,1-4H3,(H,32,33,35);5-6,11-14,33H,7-10H2,1-4H3,(H,31,32,34);4-5,10-13,30,33H,6-9H2,1-3H3,(H,31,32,34). The first-order chi connectivity index (χ1) is 56.0. The summed E-state index contributed by atoms with van der Waals surface area (Å²) in [6, 6.07) is 21.0. The molecule has 9 heterocycles. The fraction of sp³-hybridized carbons (Fsp3) is 0.296. The summed E-state index contributed by atoms with van der Waals surface area (Å²) in [4.78, 5) is 86.6. The number of aromatic amines is 3. The Balaban J connectivity index is 0.000000152. The third-order valence-corrected chi connectivity index (χ3v) is 19.7. The van der Waals surface area contributed by atoms with E-state index in [9.17, 15) is 31.9 Å². The average molecular weight is 1620 g/mol. The van der Waals surface area contributed by atoms with Gasteiger partial charge in [0.05, 0.1) is 33.6 Å². The number of nitrogens with zero attached hydrogens (tertiary/aromatic N) is 14. The number of piperazine rings is 3. The van der Waals surface area contributed by atoms with Crippen LogP contribution in [0.25, 0.3) is 32.7 Å². The molecule has 0 aliphatic carbocycles. The number of carbonyl (C=O) groups excluding carboxylic acids is 3. The number of aryl methyl sites for hydroxylation is 3. The molecule has 612 valence electrons. The maximum absolute atomic E-state index is 15.2. The number of carbonyl (C=O) groups is 3. The van der Waals surface area contributed by atoms with Gasteiger partial charge in [0.2, 0.25) is 17.6 Å². The highest BCUT2D eigenvalue weighted by Gasteiger charge is 2.31. The van der Waals surface area contributed by atoms with E-state index in [0.717, 1.165) is 96.1 Å². The van der Waals surface area contributed by atoms with Gasteiger partial charge in [-0.05, 0) is 107 Å². The molecule has 3 saturated heterocycles. The monoisotopic (exact) mass is 1620 g/mol. The van der Waals surface area contributed by atoms with Crippen LogP contribution in [-0.2, 0) is 0 Å². The molecule has 0 bridgehead atoms. The van der Waals surface area contributed by atoms with Gasteiger partial charge in [-0.1, -0.05) is 6.92 Å². The number of benzene rings is 6. The van der Waals surface area contributed by atoms with Gasteiger partial charge in [0.15, 0.2) is 69.6 Å². The van der Waals surface area contributed by atoms with E-state index in [0.29, 0.717) is 77.4 Å². The second-order valence-corrected chi connectivity index (χ2v) is 28.7. The minimum absolute atomic E-state index is 0.00504. The summed E-state index contributed by atoms with van der Waals surface area (Å²) in [6.45, 7) is 17.2. The Labute approximate surface area is 665 Å². The van der Waals surface area contributed by atoms with E-state index in [4.69, 9.17) is 14.2 Å². The molecule has 0 unspecified atom stereocenters. The first-order valence-corrected chi connectivity index (χ1v) is 37.2. The Morgan fingerprint density at radius 1 is 0.402 bits per heavy atom. The van der Waals surface area contributed by atoms with Crippen LogP contribution in [0.5, 0.6) is 34.9 Å². The molecule has 27 nitrogen and oxygen atoms in total. The second-order valence-electron chi connectivity index (χ2n) is 28.7. The van der Waals surface area contributed by atoms with Crippen molar-refractivity contribution in [3.63, 3.8) is 0 Å². The number of hydrogen-bond donors (Lipinski definition) is 7. The van der Waals surface area contributed by atoms with Crippen LogP contribution in [0.4, 0.5) is 91.1 Å². The van der Waals surface area contributed by atoms with Crippen molar-refractivity contribution >= 4 is 102 Å². The fourth-order valence-electron chi connectivity index (χ4n) is 13.6. The molecule has 12 aromatic rings. The Hall–Kier alpha value is -13.0. The van der Waals surface area contributed by atoms with E-state index in [1.807, 2.05) is 21.7 Å². The summed E-state index contributed by atoms with van der Waals surface area (Å²) in [5.74, 6) is -9.69. The SMILES string of the molecule is CCN1CCN(c2ccc(Nc3ncnc(Oc4cc(F)c5[nH]c(C)cc5c4F)c3C(=O)N(C)C)cc2F)CC1.Cc1cc2c(F)c(Oc3ncnc(Nc4ccc(N5CCN(C)CC5)c(F)c4)c3C(=O)N(C)C)cc(F)c2[nH]1.Cc1cc2c(F)c(Oc3ncnc(Nc4ccc(N5CCNCC5)c(F)c4)c3C(=O)N(C)C)cc(F)c2[nH]1. The summed E-state index contributed by atoms with van der Waals surface area (Å²) in [7, 11) is 11.1. The van der Waals surface area contributed by atoms with E-state index in [-0.39, 0.29) is 84.5 Å². The van der Waals surface area contributed by atoms with Crippen molar-refractivity contribution < 1.29 is 68.1 Å². The van der Waals surface area contributed by atoms with Crippen LogP contribution in [0.2, 0.25) is 0 Å². The van der Waals surface area contributed by atoms with Crippen LogP contribution in [0.1, 0.15) is 55.1 Å². The van der Waals surface area contributed by atoms with Crippen molar-refractivity contribution in [1.82, 2.24) is 74.7 Å². The lowest BCUT2D eigenvalue weighted by Crippen LogP contribution is -2.46. The van der Waals surface area contributed by atoms with Crippen LogP contribution in [0, 0.1) is 73.1 Å². The highest BCUT2D eigenvalue weighted by molar-refractivity contribution is 6.03. The Kier molecular flexibility index (Phi) is 24.6. The van der Waals surface area contributed by atoms with Gasteiger partial charge in [-0.2, -0.15) is 0 Å². The number of anilines is 9. The van der Waals surface area contributed by atoms with Crippen LogP contribution in [0.15, 0.2) is 110 Å². The molecule has 36 heteroatoms. The second kappa shape index (κ2) is 35.0. The summed E-state index contributed by atoms with van der Waals surface area (Å²) >= 11 is 0. The van der Waals surface area contributed by atoms with Crippen molar-refractivity contribution in [3.8, 4) is 34.9 Å². The van der Waals surface area contributed by atoms with E-state index >= 15 is 22.0 Å². The van der Waals surface area contributed by atoms with E-state index in [2.05, 4.69) is 82.8 Å². The fourth-order valence-corrected chi connectivity index (χ4v) is 13.6. The molecule has 15 rings (SSSR count). The Bertz CT molecular complexity index is 5730. The summed E-state index contributed by atoms with van der Waals surface area (Å²) < 4.78 is 152. The molecule has 3 aliphatic rings. The van der Waals surface area contributed by atoms with Crippen molar-refractivity contribution in [1.29, 1.82) is 0 Å². The zero-order chi connectivity index (χ0) is 83.4. The molecule has 6 aromatic carbocycles. The molecule has 7 N–H and O–H groups in total. The molecule has 3 aliphatic heterocycles. The number of fused-ring (bicyclic) bond motifs is 3. The number of ether oxygens (including phenoxy) is 3. The largest absolute Gasteiger partial charge is 0.435 e. The van der Waals surface area contributed by atoms with Crippen molar-refractivity contribution in [2.45, 2.75) is 27.7 Å². The zero-order valence-corrected chi connectivity index (χ0v) is 65.7. The van der Waals surface area contributed by atoms with Gasteiger partial charge in [-0.15, -0.1) is 0 Å². The summed E-state index contributed by atoms with van der Waals surface area (Å²) in [5, 5.41) is 12.1. The smallest absolute Gasteiger partial charge is 0.262 e. The average Bonchev–Trinajstić information content (AvgIpc) is 1.75. The third kappa shape index (κ3) is 18.0. The first-order valence-electron chi connectivity index (χ1n) is 37.2. The van der Waals surface area contributed by atoms with Crippen LogP contribution in [-0.4, -0.2) is 221 Å². The van der Waals surface area contributed by atoms with Gasteiger partial charge < -0.3 is 89.6 Å². The molecule has 0 spiro atoms. The lowest BCUT2D eigenvalue weighted by Gasteiger charge is -2.35. The van der Waals surface area contributed by atoms with E-state index in [1.54, 1.807) is 57.2 Å². The predicted molar refractivity (Wildman–Crippen MR) is 427 cm³/mol. The Morgan fingerprint density at radius 3 is 0.991 bits per heavy atom. The van der Waals surface area contributed by atoms with Gasteiger partial charge in [0, 0.05) is 189 Å². The molecule has 117 heavy (non-hydrogen) atoms. The van der Waals surface area contributed by atoms with Crippen LogP contribution >= 0.6 is 0 Å². The molecule has 6 aromatic heterocycles. The highest BCUT2D eigenvalue weighted by atomic mass is 19.2. The zero-order valence-electron chi connectivity index (χ0n) is 65.7. The number of aromatic nitrogens is 9. The first kappa shape index (κ1) is 82.0. The molecule has 3 fully saturated rings. The highest BCUT2D eigenvalue weighted by Crippen LogP contribution is 2.41. The molecule has 0 saturated carbocycles. The lowest BCUT2D eigenvalue weighted by atomic mass is 10.2. The third-order valence-electron chi connectivity index (χ3n) is 19.7. The number of hydrogen-bond acceptors (Lipinski definition) is 21. The van der Waals surface area contributed by atoms with Crippen molar-refractivity contribution in [2.24, 2.45) is 0 Å². The predicted octanol–water partition coefficient (Wildman–Crippen LogP) is 14.1. The maximum Gasteiger partial charge on any atom is 0.262 e. The molecule has 0 radical (unpaired) electrons. The number of rotatable bonds is 19. The van der Waals surface area contributed by atoms with E-state index < -0.39 is 87.3 Å². The number of amides is 3. The number of H-pyrrole nitrogens is 3. The lowest BCUT2D eigenvalue weighted by molar-refractivity contribution is 0.0817. The quantitative estimate of drug-likeness (QED) is 0.0371. The van der Waals surface area contributed by atoms with Crippen molar-refractivity contribution in [2.75, 3.05) is 165 Å². The van der Waals surface area contributed by atoms with Gasteiger partial charge in [-0.3, -0.25) is 14.4 Å². The molecular formula is C81H84F9N21O6. The topological polar surface area (TPSA) is 278 Å². The van der Waals surface area contributed by atoms with Gasteiger partial charge in [0.25, 0.3) is 17.7 Å². The van der Waals surface area contributed by atoms with Gasteiger partial charge in [-0.25, -0.2) is 69.4 Å². The molecular weight excluding hydrogens is 1530 g/mol.